The third-order valence-corrected chi connectivity index (χ3v) is 10.5. The predicted molar refractivity (Wildman–Crippen MR) is 241 cm³/mol. The van der Waals surface area contributed by atoms with E-state index in [-0.39, 0.29) is 37.4 Å². The van der Waals surface area contributed by atoms with Crippen molar-refractivity contribution in [3.63, 3.8) is 0 Å². The molecule has 0 aromatic carbocycles. The molecular formula is C51H88O7. The summed E-state index contributed by atoms with van der Waals surface area (Å²) in [6, 6.07) is 0. The predicted octanol–water partition coefficient (Wildman–Crippen LogP) is 13.3. The van der Waals surface area contributed by atoms with Gasteiger partial charge in [0.05, 0.1) is 19.3 Å². The number of hydrogen-bond donors (Lipinski definition) is 1. The first-order chi connectivity index (χ1) is 28.6. The van der Waals surface area contributed by atoms with E-state index in [0.717, 1.165) is 96.7 Å². The fourth-order valence-corrected chi connectivity index (χ4v) is 6.87. The standard InChI is InChI=1S/C26H44O4.C25H44O3/c1-3-4-19-24(30-26-22-17-18-23-29-26)20-15-13-11-9-7-5-6-8-10-12-14-16-21-25(27)28-2;1-2-3-19-24(28-25-21-16-18-23-27-25)20-15-13-11-9-7-5-4-6-8-10-12-14-17-22-26/h15,20,24,26H,3-9,11,13-14,16-19,21-23H2,1-2H3;15,20,24-26H,2-7,9,11-14,16-19,21-23H2,1H3/b2*20-15-/t24-,26?;24-,25?/m11/s1. The Labute approximate surface area is 357 Å². The van der Waals surface area contributed by atoms with Crippen molar-refractivity contribution in [3.05, 3.63) is 24.3 Å². The minimum Gasteiger partial charge on any atom is -0.469 e. The number of methoxy groups -OCH3 is 1. The van der Waals surface area contributed by atoms with E-state index in [1.165, 1.54) is 123 Å². The fourth-order valence-electron chi connectivity index (χ4n) is 6.87. The molecule has 0 aliphatic carbocycles. The van der Waals surface area contributed by atoms with Gasteiger partial charge in [0.1, 0.15) is 0 Å². The topological polar surface area (TPSA) is 83.5 Å². The second-order valence-corrected chi connectivity index (χ2v) is 16.0. The number of aliphatic hydroxyl groups is 1. The molecule has 0 aromatic heterocycles. The van der Waals surface area contributed by atoms with Crippen LogP contribution in [0, 0.1) is 23.7 Å². The molecule has 7 nitrogen and oxygen atoms in total. The van der Waals surface area contributed by atoms with Gasteiger partial charge in [0, 0.05) is 51.9 Å². The number of carbonyl (C=O) groups is 1. The van der Waals surface area contributed by atoms with Crippen molar-refractivity contribution in [2.24, 2.45) is 0 Å². The Morgan fingerprint density at radius 1 is 0.603 bits per heavy atom. The van der Waals surface area contributed by atoms with Gasteiger partial charge < -0.3 is 28.8 Å². The second kappa shape index (κ2) is 43.0. The molecule has 0 amide bonds. The molecule has 58 heavy (non-hydrogen) atoms. The third kappa shape index (κ3) is 35.8. The molecule has 0 saturated carbocycles. The Hall–Kier alpha value is -2.13. The van der Waals surface area contributed by atoms with Gasteiger partial charge in [-0.3, -0.25) is 4.79 Å². The van der Waals surface area contributed by atoms with Crippen LogP contribution in [0.3, 0.4) is 0 Å². The molecule has 1 N–H and O–H groups in total. The van der Waals surface area contributed by atoms with Crippen molar-refractivity contribution in [1.29, 1.82) is 0 Å². The van der Waals surface area contributed by atoms with Crippen LogP contribution in [-0.4, -0.2) is 62.8 Å². The Morgan fingerprint density at radius 3 is 1.45 bits per heavy atom. The molecule has 2 saturated heterocycles. The first kappa shape index (κ1) is 53.9. The van der Waals surface area contributed by atoms with E-state index in [0.29, 0.717) is 6.42 Å². The number of carbonyl (C=O) groups excluding carboxylic acids is 1. The highest BCUT2D eigenvalue weighted by Crippen LogP contribution is 2.20. The lowest BCUT2D eigenvalue weighted by atomic mass is 10.1. The van der Waals surface area contributed by atoms with Crippen LogP contribution in [0.15, 0.2) is 24.3 Å². The summed E-state index contributed by atoms with van der Waals surface area (Å²) >= 11 is 0. The molecule has 2 heterocycles. The van der Waals surface area contributed by atoms with E-state index in [2.05, 4.69) is 66.6 Å². The number of rotatable bonds is 32. The third-order valence-electron chi connectivity index (χ3n) is 10.5. The van der Waals surface area contributed by atoms with Gasteiger partial charge in [-0.25, -0.2) is 0 Å². The van der Waals surface area contributed by atoms with Gasteiger partial charge in [-0.1, -0.05) is 102 Å². The molecule has 2 fully saturated rings. The quantitative estimate of drug-likeness (QED) is 0.0313. The summed E-state index contributed by atoms with van der Waals surface area (Å²) < 4.78 is 28.4. The minimum absolute atomic E-state index is 0.00111. The monoisotopic (exact) mass is 813 g/mol. The maximum Gasteiger partial charge on any atom is 0.305 e. The highest BCUT2D eigenvalue weighted by Gasteiger charge is 2.19. The van der Waals surface area contributed by atoms with Gasteiger partial charge >= 0.3 is 5.97 Å². The molecule has 0 aromatic rings. The van der Waals surface area contributed by atoms with Crippen LogP contribution < -0.4 is 0 Å². The Balaban J connectivity index is 0.000000581. The Morgan fingerprint density at radius 2 is 1.03 bits per heavy atom. The minimum atomic E-state index is -0.145. The lowest BCUT2D eigenvalue weighted by molar-refractivity contribution is -0.179. The zero-order valence-corrected chi connectivity index (χ0v) is 37.8. The van der Waals surface area contributed by atoms with E-state index < -0.39 is 0 Å². The number of unbranched alkanes of at least 4 members (excludes halogenated alkanes) is 17. The summed E-state index contributed by atoms with van der Waals surface area (Å²) in [5.41, 5.74) is 0. The summed E-state index contributed by atoms with van der Waals surface area (Å²) in [4.78, 5) is 11.0. The van der Waals surface area contributed by atoms with Gasteiger partial charge in [0.15, 0.2) is 12.6 Å². The molecule has 0 spiro atoms. The normalized spacial score (nSPS) is 17.8. The maximum atomic E-state index is 11.0. The molecule has 2 aliphatic rings. The van der Waals surface area contributed by atoms with E-state index in [4.69, 9.17) is 24.1 Å². The SMILES string of the molecule is CCCC[C@H](/C=C\CCCCCCCC#CCCCC(=O)OC)OC1CCCCO1.CCCC[C@H](/C=C\CCCCCCCC#CCCCCO)OC1CCCCO1. The summed E-state index contributed by atoms with van der Waals surface area (Å²) in [6.45, 7) is 6.45. The van der Waals surface area contributed by atoms with Crippen molar-refractivity contribution in [3.8, 4) is 23.7 Å². The molecule has 0 bridgehead atoms. The van der Waals surface area contributed by atoms with Crippen LogP contribution in [0.5, 0.6) is 0 Å². The lowest BCUT2D eigenvalue weighted by Gasteiger charge is -2.26. The lowest BCUT2D eigenvalue weighted by Crippen LogP contribution is -2.27. The zero-order chi connectivity index (χ0) is 41.8. The second-order valence-electron chi connectivity index (χ2n) is 16.0. The molecule has 334 valence electrons. The number of ether oxygens (including phenoxy) is 5. The van der Waals surface area contributed by atoms with E-state index >= 15 is 0 Å². The van der Waals surface area contributed by atoms with Gasteiger partial charge in [-0.05, 0) is 109 Å². The van der Waals surface area contributed by atoms with Crippen LogP contribution in [-0.2, 0) is 28.5 Å². The summed E-state index contributed by atoms with van der Waals surface area (Å²) in [5, 5.41) is 8.71. The molecule has 7 heteroatoms. The number of esters is 1. The number of hydrogen-bond acceptors (Lipinski definition) is 7. The van der Waals surface area contributed by atoms with Crippen LogP contribution in [0.25, 0.3) is 0 Å². The van der Waals surface area contributed by atoms with Gasteiger partial charge in [0.25, 0.3) is 0 Å². The van der Waals surface area contributed by atoms with Crippen molar-refractivity contribution in [2.45, 2.75) is 244 Å². The Bertz CT molecular complexity index is 1080. The average molecular weight is 813 g/mol. The highest BCUT2D eigenvalue weighted by atomic mass is 16.7. The van der Waals surface area contributed by atoms with Crippen molar-refractivity contribution in [1.82, 2.24) is 0 Å². The molecule has 0 radical (unpaired) electrons. The molecule has 4 atom stereocenters. The molecular weight excluding hydrogens is 725 g/mol. The Kier molecular flexibility index (Phi) is 39.9. The van der Waals surface area contributed by atoms with Crippen molar-refractivity contribution in [2.75, 3.05) is 26.9 Å². The van der Waals surface area contributed by atoms with Gasteiger partial charge in [-0.2, -0.15) is 0 Å². The molecule has 2 aliphatic heterocycles. The first-order valence-electron chi connectivity index (χ1n) is 24.1. The number of allylic oxidation sites excluding steroid dienone is 2. The van der Waals surface area contributed by atoms with Crippen LogP contribution in [0.2, 0.25) is 0 Å². The number of aliphatic hydroxyl groups excluding tert-OH is 1. The first-order valence-corrected chi connectivity index (χ1v) is 24.1. The van der Waals surface area contributed by atoms with Crippen LogP contribution in [0.1, 0.15) is 219 Å². The summed E-state index contributed by atoms with van der Waals surface area (Å²) in [6.07, 6.45) is 45.3. The summed E-state index contributed by atoms with van der Waals surface area (Å²) in [5.74, 6) is 12.7. The fraction of sp³-hybridized carbons (Fsp3) is 0.824. The molecule has 2 unspecified atom stereocenters. The maximum absolute atomic E-state index is 11.0. The van der Waals surface area contributed by atoms with Gasteiger partial charge in [-0.15, -0.1) is 23.7 Å². The van der Waals surface area contributed by atoms with Crippen LogP contribution in [0.4, 0.5) is 0 Å². The average Bonchev–Trinajstić information content (AvgIpc) is 3.25. The van der Waals surface area contributed by atoms with Crippen LogP contribution >= 0.6 is 0 Å². The zero-order valence-electron chi connectivity index (χ0n) is 37.8. The van der Waals surface area contributed by atoms with E-state index in [1.807, 2.05) is 0 Å². The summed E-state index contributed by atoms with van der Waals surface area (Å²) in [7, 11) is 1.43. The smallest absolute Gasteiger partial charge is 0.305 e. The van der Waals surface area contributed by atoms with E-state index in [1.54, 1.807) is 0 Å². The van der Waals surface area contributed by atoms with Crippen molar-refractivity contribution < 1.29 is 33.6 Å². The molecule has 2 rings (SSSR count). The highest BCUT2D eigenvalue weighted by molar-refractivity contribution is 5.69. The van der Waals surface area contributed by atoms with Crippen molar-refractivity contribution >= 4 is 5.97 Å². The van der Waals surface area contributed by atoms with Gasteiger partial charge in [0.2, 0.25) is 0 Å². The van der Waals surface area contributed by atoms with E-state index in [9.17, 15) is 4.79 Å². The largest absolute Gasteiger partial charge is 0.469 e.